The van der Waals surface area contributed by atoms with Crippen molar-refractivity contribution in [3.05, 3.63) is 53.2 Å². The molecule has 8 nitrogen and oxygen atoms in total. The number of β-amino-alcohol motifs (C(OH)–C–C–N with tert-alkyl or cyclic N) is 1. The zero-order chi connectivity index (χ0) is 19.3. The van der Waals surface area contributed by atoms with Crippen molar-refractivity contribution in [1.82, 2.24) is 14.6 Å². The predicted octanol–water partition coefficient (Wildman–Crippen LogP) is 1.00. The molecule has 1 aliphatic rings. The van der Waals surface area contributed by atoms with Crippen molar-refractivity contribution in [3.63, 3.8) is 0 Å². The minimum absolute atomic E-state index is 0.0231. The van der Waals surface area contributed by atoms with E-state index in [0.717, 1.165) is 18.2 Å². The molecule has 27 heavy (non-hydrogen) atoms. The molecule has 1 saturated heterocycles. The molecule has 0 radical (unpaired) electrons. The number of anilines is 2. The van der Waals surface area contributed by atoms with Gasteiger partial charge in [-0.15, -0.1) is 5.10 Å². The lowest BCUT2D eigenvalue weighted by molar-refractivity contribution is 0.100. The van der Waals surface area contributed by atoms with Crippen molar-refractivity contribution in [3.8, 4) is 0 Å². The number of rotatable bonds is 3. The number of halogens is 2. The van der Waals surface area contributed by atoms with Crippen molar-refractivity contribution < 1.29 is 18.7 Å². The number of primary amides is 1. The Morgan fingerprint density at radius 1 is 1.30 bits per heavy atom. The van der Waals surface area contributed by atoms with Gasteiger partial charge in [0.05, 0.1) is 12.1 Å². The summed E-state index contributed by atoms with van der Waals surface area (Å²) < 4.78 is 29.2. The molecule has 1 aromatic carbocycles. The summed E-state index contributed by atoms with van der Waals surface area (Å²) in [6.07, 6.45) is 0.989. The van der Waals surface area contributed by atoms with Gasteiger partial charge in [0.2, 0.25) is 0 Å². The highest BCUT2D eigenvalue weighted by Gasteiger charge is 2.35. The molecule has 1 aliphatic heterocycles. The molecule has 3 aromatic rings. The van der Waals surface area contributed by atoms with Crippen LogP contribution in [0.4, 0.5) is 20.4 Å². The van der Waals surface area contributed by atoms with Crippen LogP contribution in [0.2, 0.25) is 0 Å². The quantitative estimate of drug-likeness (QED) is 0.629. The summed E-state index contributed by atoms with van der Waals surface area (Å²) in [5, 5.41) is 14.1. The fourth-order valence-corrected chi connectivity index (χ4v) is 3.46. The molecule has 1 fully saturated rings. The Hall–Kier alpha value is -3.27. The number of nitrogens with zero attached hydrogens (tertiary/aromatic N) is 4. The highest BCUT2D eigenvalue weighted by Crippen LogP contribution is 2.37. The first-order valence-corrected chi connectivity index (χ1v) is 8.19. The lowest BCUT2D eigenvalue weighted by Gasteiger charge is -2.26. The fraction of sp³-hybridized carbons (Fsp3) is 0.235. The minimum atomic E-state index is -0.777. The molecule has 2 atom stereocenters. The van der Waals surface area contributed by atoms with E-state index in [4.69, 9.17) is 11.5 Å². The Bertz CT molecular complexity index is 1050. The molecule has 10 heteroatoms. The summed E-state index contributed by atoms with van der Waals surface area (Å²) in [6.45, 7) is 0.166. The monoisotopic (exact) mass is 374 g/mol. The number of aromatic nitrogens is 3. The van der Waals surface area contributed by atoms with E-state index in [1.807, 2.05) is 0 Å². The van der Waals surface area contributed by atoms with Crippen LogP contribution in [0.5, 0.6) is 0 Å². The Morgan fingerprint density at radius 3 is 2.81 bits per heavy atom. The van der Waals surface area contributed by atoms with Crippen LogP contribution in [-0.4, -0.2) is 38.3 Å². The molecule has 3 heterocycles. The second-order valence-electron chi connectivity index (χ2n) is 6.40. The average molecular weight is 374 g/mol. The molecule has 0 bridgehead atoms. The Labute approximate surface area is 152 Å². The fourth-order valence-electron chi connectivity index (χ4n) is 3.46. The maximum absolute atomic E-state index is 14.3. The van der Waals surface area contributed by atoms with Crippen molar-refractivity contribution in [2.24, 2.45) is 5.73 Å². The van der Waals surface area contributed by atoms with Gasteiger partial charge in [-0.2, -0.15) is 0 Å². The summed E-state index contributed by atoms with van der Waals surface area (Å²) in [5.41, 5.74) is 11.3. The van der Waals surface area contributed by atoms with E-state index in [1.165, 1.54) is 10.7 Å². The van der Waals surface area contributed by atoms with Gasteiger partial charge in [-0.05, 0) is 30.7 Å². The number of benzene rings is 1. The average Bonchev–Trinajstić information content (AvgIpc) is 3.15. The molecule has 4 rings (SSSR count). The van der Waals surface area contributed by atoms with Gasteiger partial charge in [-0.3, -0.25) is 4.79 Å². The van der Waals surface area contributed by atoms with E-state index in [0.29, 0.717) is 5.82 Å². The SMILES string of the molecule is NC(=O)c1c(N)nn2ccc(N3C[C@@H](O)C[C@H]3c3cc(F)ccc3F)nc12. The predicted molar refractivity (Wildman–Crippen MR) is 93.0 cm³/mol. The van der Waals surface area contributed by atoms with Gasteiger partial charge < -0.3 is 21.5 Å². The molecule has 1 amide bonds. The highest BCUT2D eigenvalue weighted by atomic mass is 19.1. The summed E-state index contributed by atoms with van der Waals surface area (Å²) in [4.78, 5) is 17.7. The Morgan fingerprint density at radius 2 is 2.07 bits per heavy atom. The normalized spacial score (nSPS) is 19.7. The van der Waals surface area contributed by atoms with Crippen LogP contribution in [0.25, 0.3) is 5.65 Å². The Balaban J connectivity index is 1.82. The third-order valence-electron chi connectivity index (χ3n) is 4.63. The number of amides is 1. The molecule has 5 N–H and O–H groups in total. The van der Waals surface area contributed by atoms with Crippen LogP contribution < -0.4 is 16.4 Å². The molecule has 0 saturated carbocycles. The molecule has 0 aliphatic carbocycles. The molecule has 2 aromatic heterocycles. The first-order chi connectivity index (χ1) is 12.8. The minimum Gasteiger partial charge on any atom is -0.391 e. The number of carbonyl (C=O) groups is 1. The zero-order valence-electron chi connectivity index (χ0n) is 14.0. The third kappa shape index (κ3) is 2.83. The standard InChI is InChI=1S/C17H16F2N6O2/c18-8-1-2-11(19)10(5-8)12-6-9(26)7-24(12)13-3-4-25-17(22-13)14(16(21)27)15(20)23-25/h1-5,9,12,26H,6-7H2,(H2,20,23)(H2,21,27)/t9-,12-/m0/s1. The summed E-state index contributed by atoms with van der Waals surface area (Å²) in [7, 11) is 0. The summed E-state index contributed by atoms with van der Waals surface area (Å²) in [6, 6.07) is 4.16. The molecular formula is C17H16F2N6O2. The van der Waals surface area contributed by atoms with E-state index in [9.17, 15) is 18.7 Å². The lowest BCUT2D eigenvalue weighted by Crippen LogP contribution is -2.26. The van der Waals surface area contributed by atoms with Gasteiger partial charge in [0.25, 0.3) is 5.91 Å². The maximum atomic E-state index is 14.3. The second-order valence-corrected chi connectivity index (χ2v) is 6.40. The van der Waals surface area contributed by atoms with Gasteiger partial charge in [0, 0.05) is 18.3 Å². The van der Waals surface area contributed by atoms with Gasteiger partial charge in [0.1, 0.15) is 23.0 Å². The van der Waals surface area contributed by atoms with Crippen molar-refractivity contribution in [2.75, 3.05) is 17.2 Å². The number of nitrogens with two attached hydrogens (primary N) is 2. The lowest BCUT2D eigenvalue weighted by atomic mass is 10.0. The van der Waals surface area contributed by atoms with Crippen LogP contribution in [0.15, 0.2) is 30.5 Å². The van der Waals surface area contributed by atoms with E-state index < -0.39 is 29.7 Å². The molecule has 0 spiro atoms. The van der Waals surface area contributed by atoms with Gasteiger partial charge in [-0.1, -0.05) is 0 Å². The Kier molecular flexibility index (Phi) is 3.92. The van der Waals surface area contributed by atoms with Crippen LogP contribution in [-0.2, 0) is 0 Å². The van der Waals surface area contributed by atoms with E-state index in [2.05, 4.69) is 10.1 Å². The first-order valence-electron chi connectivity index (χ1n) is 8.19. The number of nitrogen functional groups attached to an aromatic ring is 1. The van der Waals surface area contributed by atoms with Crippen molar-refractivity contribution in [1.29, 1.82) is 0 Å². The van der Waals surface area contributed by atoms with Crippen LogP contribution in [0.1, 0.15) is 28.4 Å². The topological polar surface area (TPSA) is 123 Å². The summed E-state index contributed by atoms with van der Waals surface area (Å²) in [5.74, 6) is -1.62. The van der Waals surface area contributed by atoms with Crippen molar-refractivity contribution in [2.45, 2.75) is 18.6 Å². The molecular weight excluding hydrogens is 358 g/mol. The smallest absolute Gasteiger partial charge is 0.256 e. The molecule has 0 unspecified atom stereocenters. The zero-order valence-corrected chi connectivity index (χ0v) is 14.0. The first kappa shape index (κ1) is 17.2. The maximum Gasteiger partial charge on any atom is 0.256 e. The van der Waals surface area contributed by atoms with E-state index in [-0.39, 0.29) is 35.6 Å². The van der Waals surface area contributed by atoms with Gasteiger partial charge in [0.15, 0.2) is 11.5 Å². The van der Waals surface area contributed by atoms with Gasteiger partial charge in [-0.25, -0.2) is 18.3 Å². The van der Waals surface area contributed by atoms with Crippen LogP contribution in [0.3, 0.4) is 0 Å². The molecule has 140 valence electrons. The second kappa shape index (κ2) is 6.16. The van der Waals surface area contributed by atoms with E-state index >= 15 is 0 Å². The number of aliphatic hydroxyl groups excluding tert-OH is 1. The number of hydrogen-bond donors (Lipinski definition) is 3. The number of carbonyl (C=O) groups excluding carboxylic acids is 1. The largest absolute Gasteiger partial charge is 0.391 e. The number of fused-ring (bicyclic) bond motifs is 1. The third-order valence-corrected chi connectivity index (χ3v) is 4.63. The number of hydrogen-bond acceptors (Lipinski definition) is 6. The van der Waals surface area contributed by atoms with Crippen LogP contribution in [0, 0.1) is 11.6 Å². The van der Waals surface area contributed by atoms with Crippen LogP contribution >= 0.6 is 0 Å². The van der Waals surface area contributed by atoms with Gasteiger partial charge >= 0.3 is 0 Å². The number of aliphatic hydroxyl groups is 1. The van der Waals surface area contributed by atoms with Crippen molar-refractivity contribution >= 4 is 23.2 Å². The van der Waals surface area contributed by atoms with E-state index in [1.54, 1.807) is 11.0 Å². The summed E-state index contributed by atoms with van der Waals surface area (Å²) >= 11 is 0. The highest BCUT2D eigenvalue weighted by molar-refractivity contribution is 6.03.